The highest BCUT2D eigenvalue weighted by Crippen LogP contribution is 2.21. The topological polar surface area (TPSA) is 74.2 Å². The third-order valence-corrected chi connectivity index (χ3v) is 2.61. The summed E-state index contributed by atoms with van der Waals surface area (Å²) in [6.07, 6.45) is 0.474. The Bertz CT molecular complexity index is 402. The molecule has 5 nitrogen and oxygen atoms in total. The van der Waals surface area contributed by atoms with Gasteiger partial charge in [-0.15, -0.1) is 0 Å². The number of aromatic nitrogens is 1. The van der Waals surface area contributed by atoms with Gasteiger partial charge in [0.1, 0.15) is 0 Å². The van der Waals surface area contributed by atoms with Crippen molar-refractivity contribution >= 4 is 11.7 Å². The molecule has 2 rings (SSSR count). The van der Waals surface area contributed by atoms with Gasteiger partial charge in [-0.2, -0.15) is 0 Å². The van der Waals surface area contributed by atoms with Gasteiger partial charge in [0.15, 0.2) is 11.6 Å². The number of pyridine rings is 1. The van der Waals surface area contributed by atoms with Gasteiger partial charge in [-0.1, -0.05) is 0 Å². The normalized spacial score (nSPS) is 15.6. The second kappa shape index (κ2) is 4.49. The lowest BCUT2D eigenvalue weighted by atomic mass is 9.99. The average Bonchev–Trinajstić information content (AvgIpc) is 2.18. The Morgan fingerprint density at radius 2 is 2.38 bits per heavy atom. The van der Waals surface area contributed by atoms with Gasteiger partial charge in [0.25, 0.3) is 0 Å². The van der Waals surface area contributed by atoms with Gasteiger partial charge < -0.3 is 15.7 Å². The summed E-state index contributed by atoms with van der Waals surface area (Å²) in [7, 11) is 0. The van der Waals surface area contributed by atoms with Crippen LogP contribution in [-0.4, -0.2) is 29.1 Å². The van der Waals surface area contributed by atoms with Crippen molar-refractivity contribution in [2.24, 2.45) is 5.92 Å². The van der Waals surface area contributed by atoms with Crippen molar-refractivity contribution in [3.05, 3.63) is 17.8 Å². The summed E-state index contributed by atoms with van der Waals surface area (Å²) in [6, 6.07) is 3.23. The summed E-state index contributed by atoms with van der Waals surface area (Å²) in [5, 5.41) is 15.2. The largest absolute Gasteiger partial charge is 0.504 e. The van der Waals surface area contributed by atoms with Crippen molar-refractivity contribution in [3.8, 4) is 5.75 Å². The molecule has 1 fully saturated rings. The van der Waals surface area contributed by atoms with Crippen LogP contribution in [0.5, 0.6) is 5.75 Å². The van der Waals surface area contributed by atoms with E-state index in [9.17, 15) is 9.90 Å². The minimum absolute atomic E-state index is 0.00526. The van der Waals surface area contributed by atoms with E-state index in [0.29, 0.717) is 12.3 Å². The molecule has 0 unspecified atom stereocenters. The van der Waals surface area contributed by atoms with Crippen LogP contribution in [0.25, 0.3) is 0 Å². The number of anilines is 1. The van der Waals surface area contributed by atoms with Gasteiger partial charge in [-0.25, -0.2) is 4.98 Å². The number of nitrogens with zero attached hydrogens (tertiary/aromatic N) is 1. The maximum absolute atomic E-state index is 11.6. The van der Waals surface area contributed by atoms with Crippen molar-refractivity contribution in [3.63, 3.8) is 0 Å². The lowest BCUT2D eigenvalue weighted by Crippen LogP contribution is -2.43. The molecule has 0 aromatic carbocycles. The third kappa shape index (κ3) is 2.49. The summed E-state index contributed by atoms with van der Waals surface area (Å²) in [5.41, 5.74) is 0.762. The van der Waals surface area contributed by atoms with Crippen LogP contribution in [0.1, 0.15) is 12.1 Å². The first kappa shape index (κ1) is 10.9. The minimum Gasteiger partial charge on any atom is -0.504 e. The molecule has 86 valence electrons. The zero-order valence-electron chi connectivity index (χ0n) is 9.16. The Labute approximate surface area is 93.9 Å². The molecule has 1 aliphatic rings. The van der Waals surface area contributed by atoms with E-state index in [4.69, 9.17) is 0 Å². The first-order valence-corrected chi connectivity index (χ1v) is 5.32. The number of rotatable bonds is 3. The van der Waals surface area contributed by atoms with E-state index in [0.717, 1.165) is 18.8 Å². The molecule has 16 heavy (non-hydrogen) atoms. The first-order valence-electron chi connectivity index (χ1n) is 5.32. The Hall–Kier alpha value is -1.62. The SMILES string of the molecule is Cc1ccc(O)c(NC(=O)CC2CNC2)n1. The van der Waals surface area contributed by atoms with Crippen LogP contribution in [0.2, 0.25) is 0 Å². The molecule has 5 heteroatoms. The fraction of sp³-hybridized carbons (Fsp3) is 0.455. The molecule has 1 saturated heterocycles. The highest BCUT2D eigenvalue weighted by atomic mass is 16.3. The number of hydrogen-bond donors (Lipinski definition) is 3. The van der Waals surface area contributed by atoms with Crippen LogP contribution in [-0.2, 0) is 4.79 Å². The lowest BCUT2D eigenvalue weighted by molar-refractivity contribution is -0.117. The fourth-order valence-electron chi connectivity index (χ4n) is 1.58. The monoisotopic (exact) mass is 221 g/mol. The van der Waals surface area contributed by atoms with E-state index in [2.05, 4.69) is 15.6 Å². The number of amides is 1. The Kier molecular flexibility index (Phi) is 3.05. The molecular formula is C11H15N3O2. The zero-order valence-corrected chi connectivity index (χ0v) is 9.16. The molecule has 2 heterocycles. The lowest BCUT2D eigenvalue weighted by Gasteiger charge is -2.26. The Morgan fingerprint density at radius 1 is 1.62 bits per heavy atom. The van der Waals surface area contributed by atoms with E-state index in [1.165, 1.54) is 6.07 Å². The second-order valence-electron chi connectivity index (χ2n) is 4.10. The van der Waals surface area contributed by atoms with E-state index in [1.807, 2.05) is 6.92 Å². The molecule has 1 aliphatic heterocycles. The molecule has 0 saturated carbocycles. The number of aromatic hydroxyl groups is 1. The molecule has 0 spiro atoms. The molecule has 3 N–H and O–H groups in total. The Balaban J connectivity index is 1.96. The quantitative estimate of drug-likeness (QED) is 0.700. The summed E-state index contributed by atoms with van der Waals surface area (Å²) in [6.45, 7) is 3.59. The maximum atomic E-state index is 11.6. The van der Waals surface area contributed by atoms with E-state index in [-0.39, 0.29) is 17.5 Å². The predicted octanol–water partition coefficient (Wildman–Crippen LogP) is 0.644. The maximum Gasteiger partial charge on any atom is 0.226 e. The molecule has 0 radical (unpaired) electrons. The van der Waals surface area contributed by atoms with Crippen LogP contribution < -0.4 is 10.6 Å². The van der Waals surface area contributed by atoms with Gasteiger partial charge >= 0.3 is 0 Å². The molecule has 0 bridgehead atoms. The van der Waals surface area contributed by atoms with Gasteiger partial charge in [-0.05, 0) is 38.1 Å². The number of nitrogens with one attached hydrogen (secondary N) is 2. The van der Waals surface area contributed by atoms with E-state index >= 15 is 0 Å². The van der Waals surface area contributed by atoms with E-state index < -0.39 is 0 Å². The van der Waals surface area contributed by atoms with Gasteiger partial charge in [0.05, 0.1) is 0 Å². The minimum atomic E-state index is -0.0973. The highest BCUT2D eigenvalue weighted by Gasteiger charge is 2.20. The van der Waals surface area contributed by atoms with Crippen molar-refractivity contribution < 1.29 is 9.90 Å². The van der Waals surface area contributed by atoms with Crippen LogP contribution >= 0.6 is 0 Å². The summed E-state index contributed by atoms with van der Waals surface area (Å²) in [5.74, 6) is 0.565. The van der Waals surface area contributed by atoms with Crippen molar-refractivity contribution in [2.75, 3.05) is 18.4 Å². The smallest absolute Gasteiger partial charge is 0.226 e. The number of hydrogen-bond acceptors (Lipinski definition) is 4. The van der Waals surface area contributed by atoms with Crippen molar-refractivity contribution in [1.29, 1.82) is 0 Å². The summed E-state index contributed by atoms with van der Waals surface area (Å²) in [4.78, 5) is 15.7. The first-order chi connectivity index (χ1) is 7.65. The van der Waals surface area contributed by atoms with Crippen LogP contribution in [0.4, 0.5) is 5.82 Å². The van der Waals surface area contributed by atoms with E-state index in [1.54, 1.807) is 6.07 Å². The van der Waals surface area contributed by atoms with Crippen LogP contribution in [0.15, 0.2) is 12.1 Å². The summed E-state index contributed by atoms with van der Waals surface area (Å²) < 4.78 is 0. The average molecular weight is 221 g/mol. The van der Waals surface area contributed by atoms with Crippen molar-refractivity contribution in [1.82, 2.24) is 10.3 Å². The standard InChI is InChI=1S/C11H15N3O2/c1-7-2-3-9(15)11(13-7)14-10(16)4-8-5-12-6-8/h2-3,8,12,15H,4-6H2,1H3,(H,13,14,16). The predicted molar refractivity (Wildman–Crippen MR) is 60.2 cm³/mol. The van der Waals surface area contributed by atoms with Gasteiger partial charge in [0.2, 0.25) is 5.91 Å². The molecule has 1 aromatic rings. The zero-order chi connectivity index (χ0) is 11.5. The third-order valence-electron chi connectivity index (χ3n) is 2.61. The molecule has 1 amide bonds. The van der Waals surface area contributed by atoms with Crippen LogP contribution in [0.3, 0.4) is 0 Å². The second-order valence-corrected chi connectivity index (χ2v) is 4.10. The van der Waals surface area contributed by atoms with Crippen LogP contribution in [0, 0.1) is 12.8 Å². The molecule has 0 atom stereocenters. The fourth-order valence-corrected chi connectivity index (χ4v) is 1.58. The van der Waals surface area contributed by atoms with Gasteiger partial charge in [0, 0.05) is 12.1 Å². The van der Waals surface area contributed by atoms with Gasteiger partial charge in [-0.3, -0.25) is 4.79 Å². The Morgan fingerprint density at radius 3 is 3.00 bits per heavy atom. The number of carbonyl (C=O) groups is 1. The molecule has 1 aromatic heterocycles. The number of carbonyl (C=O) groups excluding carboxylic acids is 1. The number of aryl methyl sites for hydroxylation is 1. The van der Waals surface area contributed by atoms with Crippen molar-refractivity contribution in [2.45, 2.75) is 13.3 Å². The molecule has 0 aliphatic carbocycles. The summed E-state index contributed by atoms with van der Waals surface area (Å²) >= 11 is 0. The highest BCUT2D eigenvalue weighted by molar-refractivity contribution is 5.91. The molecular weight excluding hydrogens is 206 g/mol.